The fraction of sp³-hybridized carbons (Fsp3) is 0.333. The monoisotopic (exact) mass is 326 g/mol. The molecule has 0 bridgehead atoms. The number of amides is 1. The topological polar surface area (TPSA) is 42.0 Å². The van der Waals surface area contributed by atoms with Crippen LogP contribution in [0, 0.1) is 5.92 Å². The molecule has 0 saturated heterocycles. The maximum absolute atomic E-state index is 12.7. The van der Waals surface area contributed by atoms with E-state index in [4.69, 9.17) is 0 Å². The molecule has 0 unspecified atom stereocenters. The van der Waals surface area contributed by atoms with E-state index in [0.717, 1.165) is 17.1 Å². The van der Waals surface area contributed by atoms with E-state index in [1.807, 2.05) is 5.38 Å². The molecule has 2 atom stereocenters. The Morgan fingerprint density at radius 1 is 1.41 bits per heavy atom. The first-order valence-electron chi connectivity index (χ1n) is 6.78. The number of thiazole rings is 1. The highest BCUT2D eigenvalue weighted by molar-refractivity contribution is 7.09. The van der Waals surface area contributed by atoms with Gasteiger partial charge in [0, 0.05) is 17.5 Å². The maximum atomic E-state index is 12.7. The third-order valence-electron chi connectivity index (χ3n) is 3.67. The lowest BCUT2D eigenvalue weighted by atomic mass is 10.1. The van der Waals surface area contributed by atoms with Crippen molar-refractivity contribution in [2.45, 2.75) is 25.1 Å². The molecule has 1 N–H and O–H groups in total. The van der Waals surface area contributed by atoms with Crippen molar-refractivity contribution in [1.29, 1.82) is 0 Å². The number of hydrogen-bond donors (Lipinski definition) is 1. The summed E-state index contributed by atoms with van der Waals surface area (Å²) in [6, 6.07) is 5.22. The third-order valence-corrected chi connectivity index (χ3v) is 4.45. The quantitative estimate of drug-likeness (QED) is 0.933. The largest absolute Gasteiger partial charge is 0.416 e. The summed E-state index contributed by atoms with van der Waals surface area (Å²) < 4.78 is 38.1. The number of halogens is 3. The van der Waals surface area contributed by atoms with Crippen LogP contribution in [0.15, 0.2) is 35.8 Å². The van der Waals surface area contributed by atoms with Crippen molar-refractivity contribution in [1.82, 2.24) is 10.3 Å². The summed E-state index contributed by atoms with van der Waals surface area (Å²) in [7, 11) is 0. The number of benzene rings is 1. The fourth-order valence-corrected chi connectivity index (χ4v) is 2.99. The van der Waals surface area contributed by atoms with E-state index in [9.17, 15) is 18.0 Å². The minimum Gasteiger partial charge on any atom is -0.349 e. The van der Waals surface area contributed by atoms with Gasteiger partial charge in [0.15, 0.2) is 0 Å². The van der Waals surface area contributed by atoms with Crippen molar-refractivity contribution in [3.8, 4) is 0 Å². The van der Waals surface area contributed by atoms with Crippen molar-refractivity contribution in [2.24, 2.45) is 5.92 Å². The molecule has 1 saturated carbocycles. The number of hydrogen-bond acceptors (Lipinski definition) is 3. The van der Waals surface area contributed by atoms with E-state index in [1.54, 1.807) is 12.3 Å². The lowest BCUT2D eigenvalue weighted by Gasteiger charge is -2.08. The van der Waals surface area contributed by atoms with Crippen LogP contribution in [0.1, 0.15) is 28.5 Å². The predicted molar refractivity (Wildman–Crippen MR) is 76.3 cm³/mol. The molecule has 3 rings (SSSR count). The summed E-state index contributed by atoms with van der Waals surface area (Å²) in [6.45, 7) is 0.363. The number of aromatic nitrogens is 1. The SMILES string of the molecule is O=C(NCc1nccs1)[C@H]1C[C@@H]1c1cccc(C(F)(F)F)c1. The standard InChI is InChI=1S/C15H13F3N2OS/c16-15(17,18)10-3-1-2-9(6-10)11-7-12(11)14(21)20-8-13-19-4-5-22-13/h1-6,11-12H,7-8H2,(H,20,21)/t11-,12+/m1/s1. The van der Waals surface area contributed by atoms with Crippen molar-refractivity contribution >= 4 is 17.2 Å². The summed E-state index contributed by atoms with van der Waals surface area (Å²) in [5, 5.41) is 5.41. The molecule has 1 amide bonds. The smallest absolute Gasteiger partial charge is 0.349 e. The summed E-state index contributed by atoms with van der Waals surface area (Å²) in [4.78, 5) is 16.1. The van der Waals surface area contributed by atoms with E-state index >= 15 is 0 Å². The highest BCUT2D eigenvalue weighted by Crippen LogP contribution is 2.48. The average molecular weight is 326 g/mol. The number of carbonyl (C=O) groups excluding carboxylic acids is 1. The second kappa shape index (κ2) is 5.72. The van der Waals surface area contributed by atoms with E-state index in [2.05, 4.69) is 10.3 Å². The Kier molecular flexibility index (Phi) is 3.90. The first-order valence-corrected chi connectivity index (χ1v) is 7.66. The molecule has 1 heterocycles. The number of carbonyl (C=O) groups is 1. The van der Waals surface area contributed by atoms with Crippen molar-refractivity contribution in [3.05, 3.63) is 52.0 Å². The number of alkyl halides is 3. The van der Waals surface area contributed by atoms with Crippen LogP contribution < -0.4 is 5.32 Å². The lowest BCUT2D eigenvalue weighted by Crippen LogP contribution is -2.24. The zero-order valence-corrected chi connectivity index (χ0v) is 12.2. The van der Waals surface area contributed by atoms with Crippen LogP contribution in [0.4, 0.5) is 13.2 Å². The first-order chi connectivity index (χ1) is 10.4. The van der Waals surface area contributed by atoms with E-state index in [0.29, 0.717) is 18.5 Å². The van der Waals surface area contributed by atoms with E-state index < -0.39 is 11.7 Å². The zero-order chi connectivity index (χ0) is 15.7. The van der Waals surface area contributed by atoms with Gasteiger partial charge < -0.3 is 5.32 Å². The maximum Gasteiger partial charge on any atom is 0.416 e. The molecule has 3 nitrogen and oxygen atoms in total. The van der Waals surface area contributed by atoms with Gasteiger partial charge >= 0.3 is 6.18 Å². The van der Waals surface area contributed by atoms with Crippen LogP contribution in [-0.2, 0) is 17.5 Å². The molecular weight excluding hydrogens is 313 g/mol. The van der Waals surface area contributed by atoms with Gasteiger partial charge in [0.2, 0.25) is 5.91 Å². The molecule has 1 aromatic carbocycles. The van der Waals surface area contributed by atoms with Gasteiger partial charge in [0.25, 0.3) is 0 Å². The second-order valence-electron chi connectivity index (χ2n) is 5.22. The van der Waals surface area contributed by atoms with Gasteiger partial charge in [0.05, 0.1) is 12.1 Å². The molecule has 1 aliphatic rings. The van der Waals surface area contributed by atoms with Gasteiger partial charge in [0.1, 0.15) is 5.01 Å². The van der Waals surface area contributed by atoms with Gasteiger partial charge in [-0.1, -0.05) is 18.2 Å². The minimum absolute atomic E-state index is 0.126. The number of rotatable bonds is 4. The minimum atomic E-state index is -4.35. The molecule has 116 valence electrons. The van der Waals surface area contributed by atoms with Gasteiger partial charge in [-0.15, -0.1) is 11.3 Å². The Hall–Kier alpha value is -1.89. The predicted octanol–water partition coefficient (Wildman–Crippen LogP) is 3.58. The first kappa shape index (κ1) is 15.0. The molecule has 0 radical (unpaired) electrons. The molecule has 1 aliphatic carbocycles. The summed E-state index contributed by atoms with van der Waals surface area (Å²) in [6.07, 6.45) is -2.10. The lowest BCUT2D eigenvalue weighted by molar-refractivity contribution is -0.137. The summed E-state index contributed by atoms with van der Waals surface area (Å²) >= 11 is 1.45. The van der Waals surface area contributed by atoms with Crippen LogP contribution in [-0.4, -0.2) is 10.9 Å². The van der Waals surface area contributed by atoms with Crippen LogP contribution >= 0.6 is 11.3 Å². The van der Waals surface area contributed by atoms with Gasteiger partial charge in [-0.3, -0.25) is 4.79 Å². The molecule has 2 aromatic rings. The molecule has 0 aliphatic heterocycles. The Labute approximate surface area is 129 Å². The Bertz CT molecular complexity index is 670. The van der Waals surface area contributed by atoms with Crippen LogP contribution in [0.25, 0.3) is 0 Å². The Morgan fingerprint density at radius 3 is 2.91 bits per heavy atom. The fourth-order valence-electron chi connectivity index (χ4n) is 2.43. The van der Waals surface area contributed by atoms with E-state index in [-0.39, 0.29) is 17.7 Å². The molecular formula is C15H13F3N2OS. The van der Waals surface area contributed by atoms with Crippen LogP contribution in [0.2, 0.25) is 0 Å². The normalized spacial score (nSPS) is 20.7. The highest BCUT2D eigenvalue weighted by Gasteiger charge is 2.44. The zero-order valence-electron chi connectivity index (χ0n) is 11.4. The number of nitrogens with one attached hydrogen (secondary N) is 1. The third kappa shape index (κ3) is 3.30. The van der Waals surface area contributed by atoms with Crippen LogP contribution in [0.5, 0.6) is 0 Å². The van der Waals surface area contributed by atoms with Crippen LogP contribution in [0.3, 0.4) is 0 Å². The average Bonchev–Trinajstić information content (AvgIpc) is 3.12. The highest BCUT2D eigenvalue weighted by atomic mass is 32.1. The van der Waals surface area contributed by atoms with Gasteiger partial charge in [-0.25, -0.2) is 4.98 Å². The Morgan fingerprint density at radius 2 is 2.23 bits per heavy atom. The van der Waals surface area contributed by atoms with Gasteiger partial charge in [-0.05, 0) is 24.0 Å². The second-order valence-corrected chi connectivity index (χ2v) is 6.19. The van der Waals surface area contributed by atoms with Crippen molar-refractivity contribution < 1.29 is 18.0 Å². The molecule has 1 fully saturated rings. The van der Waals surface area contributed by atoms with Crippen molar-refractivity contribution in [2.75, 3.05) is 0 Å². The number of nitrogens with zero attached hydrogens (tertiary/aromatic N) is 1. The molecule has 7 heteroatoms. The van der Waals surface area contributed by atoms with Crippen molar-refractivity contribution in [3.63, 3.8) is 0 Å². The summed E-state index contributed by atoms with van der Waals surface area (Å²) in [5.74, 6) is -0.500. The van der Waals surface area contributed by atoms with Gasteiger partial charge in [-0.2, -0.15) is 13.2 Å². The molecule has 1 aromatic heterocycles. The molecule has 22 heavy (non-hydrogen) atoms. The van der Waals surface area contributed by atoms with E-state index in [1.165, 1.54) is 17.4 Å². The summed E-state index contributed by atoms with van der Waals surface area (Å²) in [5.41, 5.74) is -0.0944. The Balaban J connectivity index is 1.61. The molecule has 0 spiro atoms.